The summed E-state index contributed by atoms with van der Waals surface area (Å²) in [5.41, 5.74) is 2.16. The second-order valence-corrected chi connectivity index (χ2v) is 5.78. The van der Waals surface area contributed by atoms with Crippen LogP contribution in [0, 0.1) is 17.3 Å². The zero-order valence-corrected chi connectivity index (χ0v) is 11.8. The SMILES string of the molecule is CC(C)=CCC(C)C(=NO)C(C)(C)C(C)C. The Morgan fingerprint density at radius 1 is 1.25 bits per heavy atom. The molecule has 1 atom stereocenters. The molecule has 0 aromatic carbocycles. The molecule has 0 heterocycles. The Morgan fingerprint density at radius 2 is 1.75 bits per heavy atom. The van der Waals surface area contributed by atoms with E-state index in [1.165, 1.54) is 5.57 Å². The fraction of sp³-hybridized carbons (Fsp3) is 0.786. The summed E-state index contributed by atoms with van der Waals surface area (Å²) in [4.78, 5) is 0. The van der Waals surface area contributed by atoms with Crippen molar-refractivity contribution < 1.29 is 5.21 Å². The molecule has 0 saturated heterocycles. The highest BCUT2D eigenvalue weighted by Crippen LogP contribution is 2.32. The molecule has 0 aliphatic rings. The van der Waals surface area contributed by atoms with Gasteiger partial charge in [0, 0.05) is 11.3 Å². The number of hydrogen-bond acceptors (Lipinski definition) is 2. The minimum absolute atomic E-state index is 0.0519. The van der Waals surface area contributed by atoms with Crippen molar-refractivity contribution in [3.8, 4) is 0 Å². The van der Waals surface area contributed by atoms with Gasteiger partial charge in [-0.05, 0) is 26.2 Å². The third-order valence-electron chi connectivity index (χ3n) is 3.56. The van der Waals surface area contributed by atoms with E-state index < -0.39 is 0 Å². The van der Waals surface area contributed by atoms with Crippen molar-refractivity contribution in [1.29, 1.82) is 0 Å². The number of nitrogens with zero attached hydrogens (tertiary/aromatic N) is 1. The fourth-order valence-corrected chi connectivity index (χ4v) is 1.68. The van der Waals surface area contributed by atoms with Gasteiger partial charge in [-0.2, -0.15) is 0 Å². The maximum atomic E-state index is 9.21. The van der Waals surface area contributed by atoms with Gasteiger partial charge in [-0.1, -0.05) is 51.4 Å². The molecule has 0 amide bonds. The Balaban J connectivity index is 4.83. The Kier molecular flexibility index (Phi) is 5.77. The number of hydrogen-bond donors (Lipinski definition) is 1. The highest BCUT2D eigenvalue weighted by molar-refractivity contribution is 5.91. The van der Waals surface area contributed by atoms with E-state index in [0.29, 0.717) is 5.92 Å². The van der Waals surface area contributed by atoms with E-state index in [9.17, 15) is 5.21 Å². The monoisotopic (exact) mass is 225 g/mol. The minimum Gasteiger partial charge on any atom is -0.411 e. The summed E-state index contributed by atoms with van der Waals surface area (Å²) in [6.45, 7) is 14.9. The molecule has 0 aliphatic carbocycles. The van der Waals surface area contributed by atoms with Crippen LogP contribution in [0.1, 0.15) is 54.9 Å². The van der Waals surface area contributed by atoms with Crippen LogP contribution in [-0.4, -0.2) is 10.9 Å². The largest absolute Gasteiger partial charge is 0.411 e. The van der Waals surface area contributed by atoms with E-state index in [4.69, 9.17) is 0 Å². The zero-order valence-electron chi connectivity index (χ0n) is 11.8. The van der Waals surface area contributed by atoms with Gasteiger partial charge in [0.05, 0.1) is 5.71 Å². The maximum absolute atomic E-state index is 9.21. The Morgan fingerprint density at radius 3 is 2.06 bits per heavy atom. The van der Waals surface area contributed by atoms with Crippen molar-refractivity contribution >= 4 is 5.71 Å². The lowest BCUT2D eigenvalue weighted by Crippen LogP contribution is -2.34. The average Bonchev–Trinajstić information content (AvgIpc) is 2.15. The van der Waals surface area contributed by atoms with E-state index >= 15 is 0 Å². The molecule has 0 aromatic heterocycles. The second-order valence-electron chi connectivity index (χ2n) is 5.78. The van der Waals surface area contributed by atoms with E-state index in [2.05, 4.69) is 59.7 Å². The normalized spacial score (nSPS) is 15.1. The third-order valence-corrected chi connectivity index (χ3v) is 3.56. The summed E-state index contributed by atoms with van der Waals surface area (Å²) in [6.07, 6.45) is 3.14. The van der Waals surface area contributed by atoms with Gasteiger partial charge >= 0.3 is 0 Å². The number of allylic oxidation sites excluding steroid dienone is 2. The van der Waals surface area contributed by atoms with Gasteiger partial charge in [0.25, 0.3) is 0 Å². The van der Waals surface area contributed by atoms with E-state index in [0.717, 1.165) is 12.1 Å². The number of oxime groups is 1. The van der Waals surface area contributed by atoms with E-state index in [1.54, 1.807) is 0 Å². The van der Waals surface area contributed by atoms with Crippen molar-refractivity contribution in [1.82, 2.24) is 0 Å². The molecule has 0 bridgehead atoms. The van der Waals surface area contributed by atoms with Gasteiger partial charge in [0.15, 0.2) is 0 Å². The smallest absolute Gasteiger partial charge is 0.0660 e. The first-order chi connectivity index (χ1) is 7.23. The molecule has 94 valence electrons. The average molecular weight is 225 g/mol. The second kappa shape index (κ2) is 6.07. The quantitative estimate of drug-likeness (QED) is 0.318. The molecule has 0 rings (SSSR count). The van der Waals surface area contributed by atoms with Crippen LogP contribution in [0.3, 0.4) is 0 Å². The lowest BCUT2D eigenvalue weighted by atomic mass is 9.72. The van der Waals surface area contributed by atoms with Crippen LogP contribution in [0.5, 0.6) is 0 Å². The van der Waals surface area contributed by atoms with Gasteiger partial charge in [-0.15, -0.1) is 0 Å². The highest BCUT2D eigenvalue weighted by Gasteiger charge is 2.32. The van der Waals surface area contributed by atoms with Crippen molar-refractivity contribution in [2.45, 2.75) is 54.9 Å². The lowest BCUT2D eigenvalue weighted by Gasteiger charge is -2.33. The molecule has 0 fully saturated rings. The zero-order chi connectivity index (χ0) is 12.9. The molecule has 2 heteroatoms. The van der Waals surface area contributed by atoms with Crippen molar-refractivity contribution in [2.24, 2.45) is 22.4 Å². The number of rotatable bonds is 5. The van der Waals surface area contributed by atoms with E-state index in [-0.39, 0.29) is 11.3 Å². The van der Waals surface area contributed by atoms with Crippen LogP contribution in [0.25, 0.3) is 0 Å². The van der Waals surface area contributed by atoms with Crippen molar-refractivity contribution in [3.63, 3.8) is 0 Å². The Labute approximate surface area is 100 Å². The topological polar surface area (TPSA) is 32.6 Å². The molecule has 1 unspecified atom stereocenters. The fourth-order valence-electron chi connectivity index (χ4n) is 1.68. The van der Waals surface area contributed by atoms with Crippen LogP contribution in [-0.2, 0) is 0 Å². The van der Waals surface area contributed by atoms with Gasteiger partial charge < -0.3 is 5.21 Å². The minimum atomic E-state index is -0.0519. The van der Waals surface area contributed by atoms with Gasteiger partial charge in [0.1, 0.15) is 0 Å². The van der Waals surface area contributed by atoms with Crippen LogP contribution >= 0.6 is 0 Å². The van der Waals surface area contributed by atoms with Crippen LogP contribution < -0.4 is 0 Å². The van der Waals surface area contributed by atoms with Gasteiger partial charge in [-0.25, -0.2) is 0 Å². The first-order valence-corrected chi connectivity index (χ1v) is 6.09. The highest BCUT2D eigenvalue weighted by atomic mass is 16.4. The van der Waals surface area contributed by atoms with Gasteiger partial charge in [-0.3, -0.25) is 0 Å². The summed E-state index contributed by atoms with van der Waals surface area (Å²) in [6, 6.07) is 0. The van der Waals surface area contributed by atoms with Gasteiger partial charge in [0.2, 0.25) is 0 Å². The van der Waals surface area contributed by atoms with Crippen LogP contribution in [0.2, 0.25) is 0 Å². The molecular formula is C14H27NO. The third kappa shape index (κ3) is 3.99. The molecule has 0 saturated carbocycles. The summed E-state index contributed by atoms with van der Waals surface area (Å²) in [5, 5.41) is 12.8. The summed E-state index contributed by atoms with van der Waals surface area (Å²) < 4.78 is 0. The Hall–Kier alpha value is -0.790. The molecular weight excluding hydrogens is 198 g/mol. The first-order valence-electron chi connectivity index (χ1n) is 6.09. The Bertz CT molecular complexity index is 270. The molecule has 0 radical (unpaired) electrons. The van der Waals surface area contributed by atoms with Crippen molar-refractivity contribution in [2.75, 3.05) is 0 Å². The summed E-state index contributed by atoms with van der Waals surface area (Å²) in [5.74, 6) is 0.754. The summed E-state index contributed by atoms with van der Waals surface area (Å²) in [7, 11) is 0. The van der Waals surface area contributed by atoms with E-state index in [1.807, 2.05) is 0 Å². The predicted octanol–water partition coefficient (Wildman–Crippen LogP) is 4.49. The lowest BCUT2D eigenvalue weighted by molar-refractivity contribution is 0.282. The van der Waals surface area contributed by atoms with Crippen molar-refractivity contribution in [3.05, 3.63) is 11.6 Å². The standard InChI is InChI=1S/C14H27NO/c1-10(2)8-9-12(5)13(15-16)14(6,7)11(3)4/h8,11-12,16H,9H2,1-7H3. The molecule has 2 nitrogen and oxygen atoms in total. The molecule has 1 N–H and O–H groups in total. The van der Waals surface area contributed by atoms with Crippen LogP contribution in [0.15, 0.2) is 16.8 Å². The molecule has 0 spiro atoms. The molecule has 16 heavy (non-hydrogen) atoms. The molecule has 0 aromatic rings. The maximum Gasteiger partial charge on any atom is 0.0660 e. The molecule has 0 aliphatic heterocycles. The predicted molar refractivity (Wildman–Crippen MR) is 71.1 cm³/mol. The summed E-state index contributed by atoms with van der Waals surface area (Å²) >= 11 is 0. The first kappa shape index (κ1) is 15.2. The van der Waals surface area contributed by atoms with Crippen LogP contribution in [0.4, 0.5) is 0 Å².